The lowest BCUT2D eigenvalue weighted by Crippen LogP contribution is -2.31. The second-order valence-electron chi connectivity index (χ2n) is 4.98. The number of nitrogens with two attached hydrogens (primary N) is 1. The SMILES string of the molecule is CCC(N)C(Oc1ccccc1CCO)c1cccnc1. The van der Waals surface area contributed by atoms with Gasteiger partial charge in [-0.2, -0.15) is 0 Å². The molecule has 0 bridgehead atoms. The molecule has 0 amide bonds. The van der Waals surface area contributed by atoms with E-state index >= 15 is 0 Å². The average molecular weight is 286 g/mol. The fourth-order valence-corrected chi connectivity index (χ4v) is 2.24. The van der Waals surface area contributed by atoms with Crippen LogP contribution in [-0.2, 0) is 6.42 Å². The quantitative estimate of drug-likeness (QED) is 0.820. The lowest BCUT2D eigenvalue weighted by Gasteiger charge is -2.25. The Bertz CT molecular complexity index is 545. The van der Waals surface area contributed by atoms with Crippen molar-refractivity contribution in [3.8, 4) is 5.75 Å². The number of rotatable bonds is 7. The van der Waals surface area contributed by atoms with Crippen molar-refractivity contribution in [3.05, 3.63) is 59.9 Å². The normalized spacial score (nSPS) is 13.7. The van der Waals surface area contributed by atoms with Gasteiger partial charge in [0.2, 0.25) is 0 Å². The molecule has 1 aromatic carbocycles. The van der Waals surface area contributed by atoms with Crippen LogP contribution in [-0.4, -0.2) is 22.7 Å². The fraction of sp³-hybridized carbons (Fsp3) is 0.353. The van der Waals surface area contributed by atoms with E-state index in [0.717, 1.165) is 23.3 Å². The molecule has 1 heterocycles. The Hall–Kier alpha value is -1.91. The van der Waals surface area contributed by atoms with Gasteiger partial charge in [-0.05, 0) is 30.5 Å². The van der Waals surface area contributed by atoms with E-state index in [1.807, 2.05) is 43.3 Å². The van der Waals surface area contributed by atoms with Gasteiger partial charge in [0, 0.05) is 30.6 Å². The highest BCUT2D eigenvalue weighted by Crippen LogP contribution is 2.28. The van der Waals surface area contributed by atoms with Crippen molar-refractivity contribution < 1.29 is 9.84 Å². The van der Waals surface area contributed by atoms with Crippen LogP contribution in [0.3, 0.4) is 0 Å². The molecule has 0 aliphatic heterocycles. The van der Waals surface area contributed by atoms with Crippen molar-refractivity contribution >= 4 is 0 Å². The lowest BCUT2D eigenvalue weighted by atomic mass is 10.0. The third-order valence-corrected chi connectivity index (χ3v) is 3.48. The molecule has 112 valence electrons. The number of hydrogen-bond acceptors (Lipinski definition) is 4. The summed E-state index contributed by atoms with van der Waals surface area (Å²) >= 11 is 0. The first kappa shape index (κ1) is 15.5. The summed E-state index contributed by atoms with van der Waals surface area (Å²) in [6.45, 7) is 2.13. The Morgan fingerprint density at radius 1 is 1.24 bits per heavy atom. The largest absolute Gasteiger partial charge is 0.484 e. The molecule has 0 saturated carbocycles. The van der Waals surface area contributed by atoms with E-state index in [2.05, 4.69) is 4.98 Å². The number of aliphatic hydroxyl groups is 1. The zero-order valence-electron chi connectivity index (χ0n) is 12.3. The number of nitrogens with zero attached hydrogens (tertiary/aromatic N) is 1. The number of aliphatic hydroxyl groups excluding tert-OH is 1. The number of aromatic nitrogens is 1. The molecule has 3 N–H and O–H groups in total. The van der Waals surface area contributed by atoms with Crippen LogP contribution in [0, 0.1) is 0 Å². The molecule has 2 aromatic rings. The number of benzene rings is 1. The molecule has 1 aromatic heterocycles. The highest BCUT2D eigenvalue weighted by atomic mass is 16.5. The molecule has 4 heteroatoms. The molecular formula is C17H22N2O2. The Kier molecular flexibility index (Phi) is 5.72. The summed E-state index contributed by atoms with van der Waals surface area (Å²) in [5, 5.41) is 9.16. The van der Waals surface area contributed by atoms with E-state index in [0.29, 0.717) is 6.42 Å². The maximum Gasteiger partial charge on any atom is 0.140 e. The third-order valence-electron chi connectivity index (χ3n) is 3.48. The fourth-order valence-electron chi connectivity index (χ4n) is 2.24. The van der Waals surface area contributed by atoms with Crippen molar-refractivity contribution in [2.24, 2.45) is 5.73 Å². The van der Waals surface area contributed by atoms with E-state index < -0.39 is 0 Å². The van der Waals surface area contributed by atoms with Gasteiger partial charge in [0.1, 0.15) is 11.9 Å². The molecule has 21 heavy (non-hydrogen) atoms. The second kappa shape index (κ2) is 7.76. The Morgan fingerprint density at radius 3 is 2.71 bits per heavy atom. The minimum atomic E-state index is -0.247. The van der Waals surface area contributed by atoms with Gasteiger partial charge < -0.3 is 15.6 Å². The van der Waals surface area contributed by atoms with E-state index in [1.54, 1.807) is 12.4 Å². The van der Waals surface area contributed by atoms with Crippen LogP contribution < -0.4 is 10.5 Å². The van der Waals surface area contributed by atoms with Crippen LogP contribution in [0.2, 0.25) is 0 Å². The van der Waals surface area contributed by atoms with E-state index in [-0.39, 0.29) is 18.8 Å². The Morgan fingerprint density at radius 2 is 2.05 bits per heavy atom. The lowest BCUT2D eigenvalue weighted by molar-refractivity contribution is 0.168. The number of ether oxygens (including phenoxy) is 1. The van der Waals surface area contributed by atoms with Crippen molar-refractivity contribution in [1.29, 1.82) is 0 Å². The third kappa shape index (κ3) is 4.03. The predicted octanol–water partition coefficient (Wildman–Crippen LogP) is 2.47. The zero-order chi connectivity index (χ0) is 15.1. The molecule has 0 fully saturated rings. The maximum atomic E-state index is 9.16. The van der Waals surface area contributed by atoms with E-state index in [1.165, 1.54) is 0 Å². The van der Waals surface area contributed by atoms with Gasteiger partial charge in [-0.25, -0.2) is 0 Å². The first-order valence-corrected chi connectivity index (χ1v) is 7.27. The van der Waals surface area contributed by atoms with Gasteiger partial charge in [-0.1, -0.05) is 31.2 Å². The van der Waals surface area contributed by atoms with Gasteiger partial charge in [-0.3, -0.25) is 4.98 Å². The number of para-hydroxylation sites is 1. The van der Waals surface area contributed by atoms with E-state index in [4.69, 9.17) is 15.6 Å². The summed E-state index contributed by atoms with van der Waals surface area (Å²) in [6.07, 6.45) is 4.65. The molecule has 0 radical (unpaired) electrons. The topological polar surface area (TPSA) is 68.4 Å². The van der Waals surface area contributed by atoms with Crippen LogP contribution in [0.4, 0.5) is 0 Å². The molecule has 0 saturated heterocycles. The van der Waals surface area contributed by atoms with Crippen molar-refractivity contribution in [2.75, 3.05) is 6.61 Å². The molecule has 2 rings (SSSR count). The van der Waals surface area contributed by atoms with Crippen molar-refractivity contribution in [3.63, 3.8) is 0 Å². The minimum Gasteiger partial charge on any atom is -0.484 e. The summed E-state index contributed by atoms with van der Waals surface area (Å²) in [5.74, 6) is 0.768. The van der Waals surface area contributed by atoms with Crippen LogP contribution in [0.1, 0.15) is 30.6 Å². The summed E-state index contributed by atoms with van der Waals surface area (Å²) in [6, 6.07) is 11.5. The van der Waals surface area contributed by atoms with Crippen LogP contribution in [0.25, 0.3) is 0 Å². The van der Waals surface area contributed by atoms with Gasteiger partial charge in [0.25, 0.3) is 0 Å². The zero-order valence-corrected chi connectivity index (χ0v) is 12.3. The Balaban J connectivity index is 2.27. The number of hydrogen-bond donors (Lipinski definition) is 2. The van der Waals surface area contributed by atoms with Crippen LogP contribution >= 0.6 is 0 Å². The Labute approximate surface area is 125 Å². The first-order valence-electron chi connectivity index (χ1n) is 7.27. The van der Waals surface area contributed by atoms with Crippen molar-refractivity contribution in [2.45, 2.75) is 31.9 Å². The van der Waals surface area contributed by atoms with Crippen molar-refractivity contribution in [1.82, 2.24) is 4.98 Å². The van der Waals surface area contributed by atoms with Gasteiger partial charge in [0.15, 0.2) is 0 Å². The molecule has 0 aliphatic rings. The van der Waals surface area contributed by atoms with E-state index in [9.17, 15) is 0 Å². The second-order valence-corrected chi connectivity index (χ2v) is 4.98. The van der Waals surface area contributed by atoms with Crippen LogP contribution in [0.5, 0.6) is 5.75 Å². The standard InChI is InChI=1S/C17H22N2O2/c1-2-15(18)17(14-7-5-10-19-12-14)21-16-8-4-3-6-13(16)9-11-20/h3-8,10,12,15,17,20H,2,9,11,18H2,1H3. The van der Waals surface area contributed by atoms with Gasteiger partial charge in [0.05, 0.1) is 0 Å². The summed E-state index contributed by atoms with van der Waals surface area (Å²) in [5.41, 5.74) is 8.17. The smallest absolute Gasteiger partial charge is 0.140 e. The molecule has 2 unspecified atom stereocenters. The summed E-state index contributed by atoms with van der Waals surface area (Å²) in [7, 11) is 0. The highest BCUT2D eigenvalue weighted by Gasteiger charge is 2.21. The number of pyridine rings is 1. The van der Waals surface area contributed by atoms with Gasteiger partial charge >= 0.3 is 0 Å². The summed E-state index contributed by atoms with van der Waals surface area (Å²) in [4.78, 5) is 4.15. The molecule has 4 nitrogen and oxygen atoms in total. The van der Waals surface area contributed by atoms with Gasteiger partial charge in [-0.15, -0.1) is 0 Å². The summed E-state index contributed by atoms with van der Waals surface area (Å²) < 4.78 is 6.16. The van der Waals surface area contributed by atoms with Crippen LogP contribution in [0.15, 0.2) is 48.8 Å². The predicted molar refractivity (Wildman–Crippen MR) is 83.1 cm³/mol. The maximum absolute atomic E-state index is 9.16. The molecule has 0 aliphatic carbocycles. The molecule has 0 spiro atoms. The molecule has 2 atom stereocenters. The minimum absolute atomic E-state index is 0.0950. The average Bonchev–Trinajstić information content (AvgIpc) is 2.54. The first-order chi connectivity index (χ1) is 10.3. The monoisotopic (exact) mass is 286 g/mol. The molecular weight excluding hydrogens is 264 g/mol. The highest BCUT2D eigenvalue weighted by molar-refractivity contribution is 5.34.